The van der Waals surface area contributed by atoms with E-state index in [9.17, 15) is 4.79 Å². The average Bonchev–Trinajstić information content (AvgIpc) is 3.46. The number of nitrogens with zero attached hydrogens (tertiary/aromatic N) is 5. The highest BCUT2D eigenvalue weighted by molar-refractivity contribution is 6.02. The van der Waals surface area contributed by atoms with Crippen molar-refractivity contribution in [3.8, 4) is 28.1 Å². The number of benzene rings is 3. The molecule has 1 amide bonds. The maximum Gasteiger partial charge on any atom is 0.254 e. The van der Waals surface area contributed by atoms with Gasteiger partial charge in [0.05, 0.1) is 35.1 Å². The van der Waals surface area contributed by atoms with E-state index in [0.717, 1.165) is 47.6 Å². The lowest BCUT2D eigenvalue weighted by molar-refractivity contribution is 0.0947. The zero-order valence-electron chi connectivity index (χ0n) is 23.5. The fraction of sp³-hybridized carbons (Fsp3) is 0.212. The molecule has 4 heterocycles. The van der Waals surface area contributed by atoms with Crippen LogP contribution in [0, 0.1) is 12.4 Å². The molecule has 0 bridgehead atoms. The van der Waals surface area contributed by atoms with Crippen LogP contribution in [0.4, 0.5) is 15.8 Å². The van der Waals surface area contributed by atoms with Gasteiger partial charge in [0.25, 0.3) is 5.91 Å². The third kappa shape index (κ3) is 4.83. The van der Waals surface area contributed by atoms with Crippen molar-refractivity contribution in [2.75, 3.05) is 38.2 Å². The molecule has 43 heavy (non-hydrogen) atoms. The number of carbonyl (C=O) groups excluding carboxylic acids is 1. The first kappa shape index (κ1) is 26.6. The smallest absolute Gasteiger partial charge is 0.254 e. The van der Waals surface area contributed by atoms with Crippen molar-refractivity contribution in [1.82, 2.24) is 25.4 Å². The highest BCUT2D eigenvalue weighted by Crippen LogP contribution is 2.42. The summed E-state index contributed by atoms with van der Waals surface area (Å²) >= 11 is 0. The summed E-state index contributed by atoms with van der Waals surface area (Å²) in [7, 11) is 2.13. The molecule has 1 fully saturated rings. The number of anilines is 1. The summed E-state index contributed by atoms with van der Waals surface area (Å²) in [6.45, 7) is 11.6. The quantitative estimate of drug-likeness (QED) is 0.273. The SMILES string of the molecule is [C-]#[N+]c1cc2[nH]nc(-c3ccc4c(c3)OCC3CN(C)CCN43)c2cc1-c1cccc(C(=O)NCc2ccncc2)c1F. The van der Waals surface area contributed by atoms with Crippen LogP contribution in [0.25, 0.3) is 38.1 Å². The van der Waals surface area contributed by atoms with E-state index >= 15 is 4.39 Å². The van der Waals surface area contributed by atoms with Crippen molar-refractivity contribution in [3.05, 3.63) is 101 Å². The molecule has 10 heteroatoms. The van der Waals surface area contributed by atoms with Gasteiger partial charge in [-0.25, -0.2) is 9.24 Å². The second kappa shape index (κ2) is 10.9. The number of piperazine rings is 1. The molecule has 0 aliphatic carbocycles. The second-order valence-corrected chi connectivity index (χ2v) is 10.9. The number of aromatic amines is 1. The number of likely N-dealkylation sites (N-methyl/N-ethyl adjacent to an activating group) is 1. The van der Waals surface area contributed by atoms with Gasteiger partial charge < -0.3 is 19.9 Å². The van der Waals surface area contributed by atoms with Crippen LogP contribution < -0.4 is 15.0 Å². The van der Waals surface area contributed by atoms with E-state index in [1.54, 1.807) is 48.8 Å². The molecular weight excluding hydrogens is 545 g/mol. The van der Waals surface area contributed by atoms with Gasteiger partial charge >= 0.3 is 0 Å². The molecule has 2 aliphatic rings. The van der Waals surface area contributed by atoms with Gasteiger partial charge in [0.1, 0.15) is 18.2 Å². The zero-order valence-corrected chi connectivity index (χ0v) is 23.5. The molecule has 2 N–H and O–H groups in total. The van der Waals surface area contributed by atoms with Crippen LogP contribution in [-0.4, -0.2) is 65.3 Å². The molecule has 3 aromatic carbocycles. The Morgan fingerprint density at radius 2 is 2.00 bits per heavy atom. The van der Waals surface area contributed by atoms with Crippen LogP contribution in [0.15, 0.2) is 73.1 Å². The van der Waals surface area contributed by atoms with Crippen molar-refractivity contribution in [2.24, 2.45) is 0 Å². The van der Waals surface area contributed by atoms with Crippen molar-refractivity contribution < 1.29 is 13.9 Å². The zero-order chi connectivity index (χ0) is 29.5. The molecule has 1 saturated heterocycles. The number of carbonyl (C=O) groups is 1. The van der Waals surface area contributed by atoms with Crippen LogP contribution in [0.3, 0.4) is 0 Å². The number of halogens is 1. The molecule has 0 saturated carbocycles. The van der Waals surface area contributed by atoms with Gasteiger partial charge in [0.2, 0.25) is 0 Å². The molecule has 1 atom stereocenters. The van der Waals surface area contributed by atoms with E-state index < -0.39 is 11.7 Å². The second-order valence-electron chi connectivity index (χ2n) is 10.9. The maximum absolute atomic E-state index is 15.9. The summed E-state index contributed by atoms with van der Waals surface area (Å²) in [5, 5.41) is 11.1. The number of ether oxygens (including phenoxy) is 1. The van der Waals surface area contributed by atoms with Gasteiger partial charge in [-0.2, -0.15) is 5.10 Å². The Morgan fingerprint density at radius 1 is 1.14 bits per heavy atom. The number of H-pyrrole nitrogens is 1. The first-order chi connectivity index (χ1) is 21.0. The molecule has 1 unspecified atom stereocenters. The summed E-state index contributed by atoms with van der Waals surface area (Å²) in [5.74, 6) is -0.417. The van der Waals surface area contributed by atoms with Crippen molar-refractivity contribution >= 4 is 28.2 Å². The van der Waals surface area contributed by atoms with Gasteiger partial charge in [-0.05, 0) is 54.6 Å². The first-order valence-electron chi connectivity index (χ1n) is 14.1. The summed E-state index contributed by atoms with van der Waals surface area (Å²) < 4.78 is 22.1. The van der Waals surface area contributed by atoms with E-state index in [1.807, 2.05) is 12.1 Å². The lowest BCUT2D eigenvalue weighted by Gasteiger charge is -2.44. The summed E-state index contributed by atoms with van der Waals surface area (Å²) in [4.78, 5) is 25.3. The van der Waals surface area contributed by atoms with Crippen molar-refractivity contribution in [3.63, 3.8) is 0 Å². The van der Waals surface area contributed by atoms with Gasteiger partial charge in [0, 0.05) is 55.1 Å². The lowest BCUT2D eigenvalue weighted by atomic mass is 9.96. The molecule has 0 radical (unpaired) electrons. The highest BCUT2D eigenvalue weighted by atomic mass is 19.1. The van der Waals surface area contributed by atoms with Crippen LogP contribution in [0.2, 0.25) is 0 Å². The first-order valence-corrected chi connectivity index (χ1v) is 14.1. The summed E-state index contributed by atoms with van der Waals surface area (Å²) in [5.41, 5.74) is 4.83. The predicted molar refractivity (Wildman–Crippen MR) is 163 cm³/mol. The van der Waals surface area contributed by atoms with Crippen molar-refractivity contribution in [2.45, 2.75) is 12.6 Å². The number of amides is 1. The molecule has 2 aliphatic heterocycles. The Morgan fingerprint density at radius 3 is 2.84 bits per heavy atom. The predicted octanol–water partition coefficient (Wildman–Crippen LogP) is 5.42. The molecule has 5 aromatic rings. The van der Waals surface area contributed by atoms with E-state index in [4.69, 9.17) is 11.3 Å². The highest BCUT2D eigenvalue weighted by Gasteiger charge is 2.32. The number of rotatable bonds is 5. The van der Waals surface area contributed by atoms with Crippen LogP contribution in [0.1, 0.15) is 15.9 Å². The fourth-order valence-corrected chi connectivity index (χ4v) is 5.95. The normalized spacial score (nSPS) is 16.2. The number of hydrogen-bond acceptors (Lipinski definition) is 6. The number of fused-ring (bicyclic) bond motifs is 4. The van der Waals surface area contributed by atoms with E-state index in [1.165, 1.54) is 6.07 Å². The number of pyridine rings is 1. The van der Waals surface area contributed by atoms with Crippen LogP contribution in [0.5, 0.6) is 5.75 Å². The lowest BCUT2D eigenvalue weighted by Crippen LogP contribution is -2.56. The van der Waals surface area contributed by atoms with Gasteiger partial charge in [-0.1, -0.05) is 24.3 Å². The minimum absolute atomic E-state index is 0.0935. The topological polar surface area (TPSA) is 90.7 Å². The average molecular weight is 574 g/mol. The van der Waals surface area contributed by atoms with Crippen molar-refractivity contribution in [1.29, 1.82) is 0 Å². The minimum Gasteiger partial charge on any atom is -0.489 e. The Hall–Kier alpha value is -5.27. The van der Waals surface area contributed by atoms with Gasteiger partial charge in [-0.3, -0.25) is 14.9 Å². The Labute approximate surface area is 247 Å². The third-order valence-corrected chi connectivity index (χ3v) is 8.20. The molecule has 214 valence electrons. The number of nitrogens with one attached hydrogen (secondary N) is 2. The van der Waals surface area contributed by atoms with Gasteiger partial charge in [-0.15, -0.1) is 0 Å². The largest absolute Gasteiger partial charge is 0.489 e. The molecular formula is C33H28FN7O2. The Kier molecular flexibility index (Phi) is 6.72. The summed E-state index contributed by atoms with van der Waals surface area (Å²) in [6.07, 6.45) is 3.27. The maximum atomic E-state index is 15.9. The monoisotopic (exact) mass is 573 g/mol. The number of hydrogen-bond donors (Lipinski definition) is 2. The standard InChI is InChI=1S/C33H28FN7O2/c1-35-27-16-28-26(15-25(27)23-4-3-5-24(31(23)34)33(42)37-17-20-8-10-36-11-9-20)32(39-38-28)21-6-7-29-30(14-21)43-19-22-18-40(2)12-13-41(22)29/h3-11,14-16,22H,12-13,17-19H2,2H3,(H,37,42)(H,38,39). The fourth-order valence-electron chi connectivity index (χ4n) is 5.95. The van der Waals surface area contributed by atoms with Gasteiger partial charge in [0.15, 0.2) is 5.69 Å². The van der Waals surface area contributed by atoms with E-state index in [0.29, 0.717) is 29.4 Å². The van der Waals surface area contributed by atoms with E-state index in [-0.39, 0.29) is 23.4 Å². The minimum atomic E-state index is -0.687. The van der Waals surface area contributed by atoms with Crippen LogP contribution in [-0.2, 0) is 6.54 Å². The molecule has 0 spiro atoms. The van der Waals surface area contributed by atoms with E-state index in [2.05, 4.69) is 48.3 Å². The Balaban J connectivity index is 1.23. The molecule has 9 nitrogen and oxygen atoms in total. The Bertz CT molecular complexity index is 1900. The van der Waals surface area contributed by atoms with Crippen LogP contribution >= 0.6 is 0 Å². The molecule has 2 aromatic heterocycles. The molecule has 7 rings (SSSR count). The number of aromatic nitrogens is 3. The summed E-state index contributed by atoms with van der Waals surface area (Å²) in [6, 6.07) is 18.1. The third-order valence-electron chi connectivity index (χ3n) is 8.20.